The first-order chi connectivity index (χ1) is 57.3. The van der Waals surface area contributed by atoms with Gasteiger partial charge >= 0.3 is 17.2 Å². The van der Waals surface area contributed by atoms with Crippen molar-refractivity contribution in [3.05, 3.63) is 244 Å². The Bertz CT molecular complexity index is 5660. The molecule has 6 heterocycles. The Morgan fingerprint density at radius 1 is 0.496 bits per heavy atom. The van der Waals surface area contributed by atoms with Crippen LogP contribution in [0.1, 0.15) is 256 Å². The zero-order chi connectivity index (χ0) is 84.7. The van der Waals surface area contributed by atoms with E-state index in [4.69, 9.17) is 33.0 Å². The number of nitrogens with zero attached hydrogens (tertiary/aromatic N) is 4. The van der Waals surface area contributed by atoms with Gasteiger partial charge in [0.25, 0.3) is 0 Å². The van der Waals surface area contributed by atoms with Crippen LogP contribution in [0.15, 0.2) is 158 Å². The van der Waals surface area contributed by atoms with Crippen molar-refractivity contribution >= 4 is 55.4 Å². The minimum Gasteiger partial charge on any atom is -0.457 e. The number of aromatic nitrogens is 2. The molecule has 0 saturated heterocycles. The van der Waals surface area contributed by atoms with Gasteiger partial charge in [-0.05, 0) is 246 Å². The van der Waals surface area contributed by atoms with Gasteiger partial charge in [-0.2, -0.15) is 0 Å². The highest BCUT2D eigenvalue weighted by Gasteiger charge is 2.43. The van der Waals surface area contributed by atoms with Gasteiger partial charge in [-0.15, -0.1) is 11.1 Å². The van der Waals surface area contributed by atoms with Crippen LogP contribution in [0, 0.1) is 60.5 Å². The molecule has 0 unspecified atom stereocenters. The zero-order valence-electron chi connectivity index (χ0n) is 73.6. The highest BCUT2D eigenvalue weighted by atomic mass is 28.3. The number of carbonyl (C=O) groups excluding carboxylic acids is 1. The Labute approximate surface area is 710 Å². The molecule has 0 N–H and O–H groups in total. The fraction of sp³-hybridized carbons (Fsp3) is 0.419. The molecule has 119 heavy (non-hydrogen) atoms. The number of unbranched alkanes of at least 4 members (excludes halogenated alkanes) is 6. The number of hydrogen-bond donors (Lipinski definition) is 0. The summed E-state index contributed by atoms with van der Waals surface area (Å²) < 4.78 is 30.6. The number of ether oxygens (including phenoxy) is 3. The summed E-state index contributed by atoms with van der Waals surface area (Å²) in [7, 11) is -4.26. The molecule has 12 rings (SSSR count). The average Bonchev–Trinajstić information content (AvgIpc) is 0.746. The maximum absolute atomic E-state index is 14.1. The fourth-order valence-corrected chi connectivity index (χ4v) is 29.1. The van der Waals surface area contributed by atoms with Gasteiger partial charge in [0.1, 0.15) is 39.5 Å². The van der Waals surface area contributed by atoms with Crippen molar-refractivity contribution in [1.29, 1.82) is 0 Å². The Kier molecular flexibility index (Phi) is 29.7. The van der Waals surface area contributed by atoms with Crippen molar-refractivity contribution in [2.45, 2.75) is 254 Å². The van der Waals surface area contributed by atoms with Crippen LogP contribution in [0.5, 0.6) is 0 Å². The van der Waals surface area contributed by atoms with Crippen LogP contribution in [0.4, 0.5) is 11.4 Å². The Morgan fingerprint density at radius 3 is 1.45 bits per heavy atom. The van der Waals surface area contributed by atoms with Gasteiger partial charge in [-0.25, -0.2) is 14.4 Å². The molecule has 0 bridgehead atoms. The van der Waals surface area contributed by atoms with E-state index in [2.05, 4.69) is 246 Å². The zero-order valence-corrected chi connectivity index (χ0v) is 75.6. The minimum atomic E-state index is -2.16. The number of esters is 1. The minimum absolute atomic E-state index is 0.0999. The number of benzene rings is 6. The maximum Gasteiger partial charge on any atom is 0.351 e. The highest BCUT2D eigenvalue weighted by molar-refractivity contribution is 6.91. The third kappa shape index (κ3) is 21.1. The van der Waals surface area contributed by atoms with Crippen molar-refractivity contribution < 1.29 is 27.8 Å². The van der Waals surface area contributed by atoms with Crippen LogP contribution in [-0.4, -0.2) is 64.9 Å². The molecule has 618 valence electrons. The predicted octanol–water partition coefficient (Wildman–Crippen LogP) is 24.5. The first-order valence-electron chi connectivity index (χ1n) is 43.9. The molecule has 2 aliphatic heterocycles. The topological polar surface area (TPSA) is 137 Å². The molecule has 0 fully saturated rings. The van der Waals surface area contributed by atoms with Crippen LogP contribution < -0.4 is 21.1 Å². The van der Waals surface area contributed by atoms with E-state index >= 15 is 0 Å². The normalized spacial score (nSPS) is 12.7. The fourth-order valence-electron chi connectivity index (χ4n) is 18.7. The van der Waals surface area contributed by atoms with E-state index in [9.17, 15) is 14.4 Å². The lowest BCUT2D eigenvalue weighted by Crippen LogP contribution is -2.43. The summed E-state index contributed by atoms with van der Waals surface area (Å²) in [6.45, 7) is 44.1. The Morgan fingerprint density at radius 2 is 0.975 bits per heavy atom. The lowest BCUT2D eigenvalue weighted by atomic mass is 9.90. The molecule has 6 aromatic carbocycles. The van der Waals surface area contributed by atoms with Gasteiger partial charge in [0.2, 0.25) is 0 Å². The van der Waals surface area contributed by atoms with Crippen molar-refractivity contribution in [3.8, 4) is 80.3 Å². The van der Waals surface area contributed by atoms with Gasteiger partial charge in [-0.1, -0.05) is 183 Å². The second kappa shape index (κ2) is 40.2. The summed E-state index contributed by atoms with van der Waals surface area (Å²) in [6.07, 6.45) is 16.6. The van der Waals surface area contributed by atoms with E-state index in [1.54, 1.807) is 12.1 Å². The maximum atomic E-state index is 14.1. The van der Waals surface area contributed by atoms with Gasteiger partial charge in [0.15, 0.2) is 0 Å². The van der Waals surface area contributed by atoms with E-state index in [-0.39, 0.29) is 17.8 Å². The largest absolute Gasteiger partial charge is 0.457 e. The monoisotopic (exact) mass is 1620 g/mol. The number of aryl methyl sites for hydroxylation is 4. The summed E-state index contributed by atoms with van der Waals surface area (Å²) in [5.74, 6) is 21.0. The summed E-state index contributed by atoms with van der Waals surface area (Å²) in [4.78, 5) is 55.4. The van der Waals surface area contributed by atoms with Crippen LogP contribution in [0.3, 0.4) is 0 Å². The predicted molar refractivity (Wildman–Crippen MR) is 496 cm³/mol. The number of hydrogen-bond acceptors (Lipinski definition) is 12. The second-order valence-electron chi connectivity index (χ2n) is 35.0. The van der Waals surface area contributed by atoms with Crippen LogP contribution in [0.2, 0.25) is 33.2 Å². The number of pyridine rings is 2. The molecular weight excluding hydrogens is 1500 g/mol. The van der Waals surface area contributed by atoms with E-state index in [1.165, 1.54) is 24.1 Å². The van der Waals surface area contributed by atoms with Gasteiger partial charge in [0, 0.05) is 136 Å². The molecule has 0 spiro atoms. The Hall–Kier alpha value is -10.3. The molecule has 0 atom stereocenters. The van der Waals surface area contributed by atoms with E-state index in [0.717, 1.165) is 195 Å². The molecule has 14 heteroatoms. The quantitative estimate of drug-likeness (QED) is 0.0139. The molecule has 12 nitrogen and oxygen atoms in total. The van der Waals surface area contributed by atoms with Gasteiger partial charge in [0.05, 0.1) is 24.6 Å². The molecule has 4 aromatic heterocycles. The first-order valence-corrected chi connectivity index (χ1v) is 48.3. The number of anilines is 2. The molecule has 0 saturated carbocycles. The summed E-state index contributed by atoms with van der Waals surface area (Å²) in [6, 6.07) is 43.1. The third-order valence-corrected chi connectivity index (χ3v) is 37.3. The van der Waals surface area contributed by atoms with Crippen molar-refractivity contribution in [2.24, 2.45) is 0 Å². The smallest absolute Gasteiger partial charge is 0.351 e. The standard InChI is InChI=1S/C105H122N4O8Si2/c1-18-21-23-25-43-113-67-86-54-80(33-31-78-49-82(39-45-118(70(4)5,71(6)7)72(8)9)52-84(51-78)66-108(20-3)99-63-100-95(47-77(99)17)76(16)48-101(110)116-100)57-91(59-86)89-35-37-97(106-64-89)98-38-36-90(65-107-98)92-58-81(55-87(60-92)68-114-44-26-24-22-19-2)34-32-79-50-83(40-46-119(73(10)11,74(12)13)75(14)15)56-85(53-79)69-115-104(111)96-62-93-61-88-29-27-41-109-42-28-30-94(102(88)109)103(93)117-105(96)112/h35-38,47-65,70-75H,18-30,41-44,66-69H2,1-17H3. The first kappa shape index (κ1) is 88.0. The lowest BCUT2D eigenvalue weighted by Gasteiger charge is -2.38. The number of rotatable bonds is 30. The van der Waals surface area contributed by atoms with Crippen molar-refractivity contribution in [2.75, 3.05) is 42.6 Å². The average molecular weight is 1620 g/mol. The van der Waals surface area contributed by atoms with E-state index in [1.807, 2.05) is 55.7 Å². The summed E-state index contributed by atoms with van der Waals surface area (Å²) >= 11 is 0. The molecular formula is C105H122N4O8Si2. The van der Waals surface area contributed by atoms with Crippen molar-refractivity contribution in [1.82, 2.24) is 9.97 Å². The molecule has 0 aliphatic carbocycles. The van der Waals surface area contributed by atoms with Crippen molar-refractivity contribution in [3.63, 3.8) is 0 Å². The molecule has 0 amide bonds. The van der Waals surface area contributed by atoms with Crippen LogP contribution in [0.25, 0.3) is 55.6 Å². The third-order valence-electron chi connectivity index (χ3n) is 24.7. The highest BCUT2D eigenvalue weighted by Crippen LogP contribution is 2.44. The molecule has 10 aromatic rings. The molecule has 2 aliphatic rings. The van der Waals surface area contributed by atoms with E-state index < -0.39 is 27.7 Å². The number of fused-ring (bicyclic) bond motifs is 3. The van der Waals surface area contributed by atoms with E-state index in [0.29, 0.717) is 88.5 Å². The molecule has 0 radical (unpaired) electrons. The van der Waals surface area contributed by atoms with Crippen LogP contribution >= 0.6 is 0 Å². The van der Waals surface area contributed by atoms with Gasteiger partial charge in [-0.3, -0.25) is 9.97 Å². The summed E-state index contributed by atoms with van der Waals surface area (Å²) in [5, 5.41) is 1.69. The SMILES string of the molecule is CCCCCCOCc1cc(C#Cc2cc(C#C[Si](C(C)C)(C(C)C)C(C)C)cc(COC(=O)c3cc4cc5c6c(c4oc3=O)CCCN6CCC5)c2)cc(-c2ccc(-c3ccc(-c4cc(C#Cc5cc(C#C[Si](C(C)C)(C(C)C)C(C)C)cc(CN(CC)c6cc7oc(=O)cc(C)c7cc6C)c5)cc(COCCCCCC)c4)cn3)nc2)c1. The second-order valence-corrected chi connectivity index (χ2v) is 46.1. The summed E-state index contributed by atoms with van der Waals surface area (Å²) in [5.41, 5.74) is 31.2. The lowest BCUT2D eigenvalue weighted by molar-refractivity contribution is 0.0468. The van der Waals surface area contributed by atoms with Crippen LogP contribution in [-0.2, 0) is 53.4 Å². The number of carbonyl (C=O) groups is 1. The van der Waals surface area contributed by atoms with Gasteiger partial charge < -0.3 is 32.8 Å². The Balaban J connectivity index is 0.842.